The summed E-state index contributed by atoms with van der Waals surface area (Å²) in [6.45, 7) is -4.98. The lowest BCUT2D eigenvalue weighted by atomic mass is 9.93. The maximum Gasteiger partial charge on any atom is 0.187 e. The topological polar surface area (TPSA) is 488 Å². The lowest BCUT2D eigenvalue weighted by Crippen LogP contribution is -2.69. The number of ether oxygens (including phenoxy) is 9. The van der Waals surface area contributed by atoms with E-state index in [0.29, 0.717) is 0 Å². The molecule has 0 aromatic rings. The Kier molecular flexibility index (Phi) is 18.5. The monoisotopic (exact) mass is 918 g/mol. The van der Waals surface area contributed by atoms with Crippen LogP contribution in [-0.2, 0) is 42.6 Å². The molecule has 0 amide bonds. The zero-order valence-electron chi connectivity index (χ0n) is 32.3. The Morgan fingerprint density at radius 2 is 0.742 bits per heavy atom. The Labute approximate surface area is 349 Å². The van der Waals surface area contributed by atoms with Crippen LogP contribution in [0.4, 0.5) is 0 Å². The predicted molar refractivity (Wildman–Crippen MR) is 185 cm³/mol. The third-order valence-electron chi connectivity index (χ3n) is 11.3. The van der Waals surface area contributed by atoms with Gasteiger partial charge in [-0.15, -0.1) is 0 Å². The molecule has 0 radical (unpaired) electrons. The van der Waals surface area contributed by atoms with E-state index in [0.717, 1.165) is 0 Å². The molecule has 364 valence electrons. The molecule has 5 aliphatic rings. The molecule has 0 aromatic carbocycles. The molecule has 0 aromatic heterocycles. The van der Waals surface area contributed by atoms with E-state index in [4.69, 9.17) is 42.6 Å². The molecule has 5 rings (SSSR count). The van der Waals surface area contributed by atoms with Crippen molar-refractivity contribution < 1.29 is 145 Å². The summed E-state index contributed by atoms with van der Waals surface area (Å²) in [5.41, 5.74) is 0. The van der Waals surface area contributed by atoms with Gasteiger partial charge in [-0.2, -0.15) is 0 Å². The smallest absolute Gasteiger partial charge is 0.187 e. The summed E-state index contributed by atoms with van der Waals surface area (Å²) < 4.78 is 48.9. The van der Waals surface area contributed by atoms with Gasteiger partial charge in [-0.25, -0.2) is 0 Å². The van der Waals surface area contributed by atoms with Crippen LogP contribution in [0.3, 0.4) is 0 Å². The minimum absolute atomic E-state index is 0.897. The van der Waals surface area contributed by atoms with Crippen molar-refractivity contribution in [1.29, 1.82) is 0 Å². The fraction of sp³-hybridized carbons (Fsp3) is 1.00. The largest absolute Gasteiger partial charge is 0.394 e. The molecule has 0 saturated carbocycles. The highest BCUT2D eigenvalue weighted by Crippen LogP contribution is 2.36. The van der Waals surface area contributed by atoms with E-state index in [-0.39, 0.29) is 0 Å². The van der Waals surface area contributed by atoms with Gasteiger partial charge in [0.25, 0.3) is 0 Å². The molecule has 29 nitrogen and oxygen atoms in total. The second kappa shape index (κ2) is 22.1. The molecular weight excluding hydrogens is 860 g/mol. The van der Waals surface area contributed by atoms with Crippen LogP contribution in [-0.4, -0.2) is 307 Å². The molecule has 28 atom stereocenters. The summed E-state index contributed by atoms with van der Waals surface area (Å²) in [4.78, 5) is 0. The van der Waals surface area contributed by atoms with Gasteiger partial charge in [0.05, 0.1) is 33.0 Å². The molecule has 20 N–H and O–H groups in total. The van der Waals surface area contributed by atoms with Crippen LogP contribution < -0.4 is 0 Å². The van der Waals surface area contributed by atoms with E-state index in [1.54, 1.807) is 0 Å². The van der Waals surface area contributed by atoms with Gasteiger partial charge in [-0.3, -0.25) is 0 Å². The molecule has 5 aliphatic heterocycles. The first kappa shape index (κ1) is 51.8. The molecule has 5 fully saturated rings. The molecule has 5 saturated heterocycles. The number of hydrogen-bond acceptors (Lipinski definition) is 29. The maximum absolute atomic E-state index is 11.6. The van der Waals surface area contributed by atoms with E-state index in [2.05, 4.69) is 0 Å². The SMILES string of the molecule is OC[C@H](O)[C@H]1O[C@H](OC[C@H](O)[C@H]2O[C@H](O[C@H]3[C@H](O)[C@@H]([C@@H](O)CO)O[C@H](O)[C@H]3O)[C@@H](O)[C@@H](O[C@H]3O[C@H](CO)[C@@H](O)[C@H](O[C@H]4O[C@H](CO)[C@H](O)[C@H](O)[C@H]4O)[C@H]3O)[C@@H]2O)[C@@H](O)[C@@H](O)[C@@H]1O. The summed E-state index contributed by atoms with van der Waals surface area (Å²) in [7, 11) is 0. The summed E-state index contributed by atoms with van der Waals surface area (Å²) in [6, 6.07) is 0. The Morgan fingerprint density at radius 1 is 0.355 bits per heavy atom. The molecule has 0 bridgehead atoms. The lowest BCUT2D eigenvalue weighted by Gasteiger charge is -2.50. The lowest BCUT2D eigenvalue weighted by molar-refractivity contribution is -0.394. The minimum Gasteiger partial charge on any atom is -0.394 e. The molecule has 29 heteroatoms. The molecule has 0 unspecified atom stereocenters. The van der Waals surface area contributed by atoms with Crippen molar-refractivity contribution in [1.82, 2.24) is 0 Å². The van der Waals surface area contributed by atoms with E-state index in [1.165, 1.54) is 0 Å². The van der Waals surface area contributed by atoms with Crippen molar-refractivity contribution in [3.63, 3.8) is 0 Å². The van der Waals surface area contributed by atoms with Gasteiger partial charge in [0, 0.05) is 0 Å². The zero-order valence-corrected chi connectivity index (χ0v) is 32.3. The zero-order chi connectivity index (χ0) is 46.1. The average Bonchev–Trinajstić information content (AvgIpc) is 3.25. The van der Waals surface area contributed by atoms with E-state index < -0.39 is 205 Å². The Morgan fingerprint density at radius 3 is 1.26 bits per heavy atom. The van der Waals surface area contributed by atoms with Crippen molar-refractivity contribution in [3.8, 4) is 0 Å². The van der Waals surface area contributed by atoms with Crippen LogP contribution >= 0.6 is 0 Å². The molecule has 5 heterocycles. The Bertz CT molecular complexity index is 1360. The normalized spacial score (nSPS) is 50.8. The molecule has 0 aliphatic carbocycles. The van der Waals surface area contributed by atoms with E-state index in [9.17, 15) is 102 Å². The maximum atomic E-state index is 11.6. The summed E-state index contributed by atoms with van der Waals surface area (Å²) in [5, 5.41) is 209. The second-order valence-corrected chi connectivity index (χ2v) is 15.5. The van der Waals surface area contributed by atoms with Crippen LogP contribution in [0.2, 0.25) is 0 Å². The first-order valence-electron chi connectivity index (χ1n) is 19.4. The first-order chi connectivity index (χ1) is 29.2. The van der Waals surface area contributed by atoms with Gasteiger partial charge in [-0.1, -0.05) is 0 Å². The minimum atomic E-state index is -2.35. The Hall–Kier alpha value is -1.16. The molecule has 62 heavy (non-hydrogen) atoms. The van der Waals surface area contributed by atoms with Gasteiger partial charge in [0.1, 0.15) is 140 Å². The van der Waals surface area contributed by atoms with Gasteiger partial charge >= 0.3 is 0 Å². The van der Waals surface area contributed by atoms with Gasteiger partial charge in [0.15, 0.2) is 31.5 Å². The van der Waals surface area contributed by atoms with Crippen molar-refractivity contribution >= 4 is 0 Å². The summed E-state index contributed by atoms with van der Waals surface area (Å²) >= 11 is 0. The van der Waals surface area contributed by atoms with Crippen LogP contribution in [0, 0.1) is 0 Å². The fourth-order valence-electron chi connectivity index (χ4n) is 7.60. The number of rotatable bonds is 16. The summed E-state index contributed by atoms with van der Waals surface area (Å²) in [6.07, 6.45) is -56.8. The van der Waals surface area contributed by atoms with Crippen molar-refractivity contribution in [3.05, 3.63) is 0 Å². The van der Waals surface area contributed by atoms with Crippen molar-refractivity contribution in [2.75, 3.05) is 33.0 Å². The first-order valence-corrected chi connectivity index (χ1v) is 19.4. The second-order valence-electron chi connectivity index (χ2n) is 15.5. The Balaban J connectivity index is 1.41. The third-order valence-corrected chi connectivity index (χ3v) is 11.3. The van der Waals surface area contributed by atoms with Crippen LogP contribution in [0.5, 0.6) is 0 Å². The van der Waals surface area contributed by atoms with Gasteiger partial charge in [-0.05, 0) is 0 Å². The van der Waals surface area contributed by atoms with Gasteiger partial charge in [0.2, 0.25) is 0 Å². The quantitative estimate of drug-likeness (QED) is 0.0683. The van der Waals surface area contributed by atoms with Crippen molar-refractivity contribution in [2.45, 2.75) is 172 Å². The highest BCUT2D eigenvalue weighted by atomic mass is 16.8. The van der Waals surface area contributed by atoms with E-state index >= 15 is 0 Å². The highest BCUT2D eigenvalue weighted by molar-refractivity contribution is 5.00. The summed E-state index contributed by atoms with van der Waals surface area (Å²) in [5.74, 6) is 0. The van der Waals surface area contributed by atoms with Crippen LogP contribution in [0.15, 0.2) is 0 Å². The van der Waals surface area contributed by atoms with Crippen LogP contribution in [0.1, 0.15) is 0 Å². The highest BCUT2D eigenvalue weighted by Gasteiger charge is 2.57. The van der Waals surface area contributed by atoms with Crippen LogP contribution in [0.25, 0.3) is 0 Å². The average molecular weight is 919 g/mol. The van der Waals surface area contributed by atoms with Gasteiger partial charge < -0.3 is 145 Å². The standard InChI is InChI=1S/C33H58O29/c34-1-6(38)23-15(45)14(44)16(46)30(58-23)54-5-8(40)25-19(49)28(22(52)33(59-25)61-27-18(48)24(7(39)2-35)57-29(53)20(27)50)62-32-21(51)26(12(42)10(4-37)56-32)60-31-17(47)13(43)11(41)9(3-36)55-31/h6-53H,1-5H2/t6-,7-,8-,9+,10+,11-,12+,13-,14-,15-,16-,17+,18+,19+,20-,21+,22-,23+,24+,25+,26-,27-,28-,29-,30-,31+,32+,33+/m0/s1. The number of hydrogen-bond donors (Lipinski definition) is 20. The number of aliphatic hydroxyl groups excluding tert-OH is 20. The molecule has 0 spiro atoms. The van der Waals surface area contributed by atoms with Crippen molar-refractivity contribution in [2.24, 2.45) is 0 Å². The van der Waals surface area contributed by atoms with E-state index in [1.807, 2.05) is 0 Å². The molecular formula is C33H58O29. The number of aliphatic hydroxyl groups is 20. The third kappa shape index (κ3) is 10.7. The predicted octanol–water partition coefficient (Wildman–Crippen LogP) is -13.8. The fourth-order valence-corrected chi connectivity index (χ4v) is 7.60.